The number of benzene rings is 1. The molecule has 7 nitrogen and oxygen atoms in total. The minimum absolute atomic E-state index is 0.215. The average molecular weight is 340 g/mol. The highest BCUT2D eigenvalue weighted by Crippen LogP contribution is 2.31. The molecule has 130 valence electrons. The van der Waals surface area contributed by atoms with Crippen LogP contribution in [0, 0.1) is 0 Å². The molecule has 25 heavy (non-hydrogen) atoms. The fourth-order valence-corrected chi connectivity index (χ4v) is 2.67. The molecule has 3 rings (SSSR count). The van der Waals surface area contributed by atoms with Gasteiger partial charge in [-0.15, -0.1) is 0 Å². The van der Waals surface area contributed by atoms with Gasteiger partial charge in [-0.3, -0.25) is 4.79 Å². The Morgan fingerprint density at radius 3 is 2.64 bits per heavy atom. The summed E-state index contributed by atoms with van der Waals surface area (Å²) < 4.78 is 12.5. The molecule has 7 heteroatoms. The van der Waals surface area contributed by atoms with E-state index in [-0.39, 0.29) is 5.91 Å². The molecule has 2 aromatic heterocycles. The number of methoxy groups -OCH3 is 2. The Bertz CT molecular complexity index is 855. The maximum atomic E-state index is 12.5. The molecule has 0 bridgehead atoms. The fraction of sp³-hybridized carbons (Fsp3) is 0.222. The number of carbonyl (C=O) groups excluding carboxylic acids is 1. The average Bonchev–Trinajstić information content (AvgIpc) is 3.30. The number of nitrogens with zero attached hydrogens (tertiary/aromatic N) is 2. The Labute approximate surface area is 145 Å². The lowest BCUT2D eigenvalue weighted by molar-refractivity contribution is 0.0936. The molecule has 1 atom stereocenters. The number of imidazole rings is 1. The van der Waals surface area contributed by atoms with Crippen LogP contribution in [0.4, 0.5) is 0 Å². The van der Waals surface area contributed by atoms with Gasteiger partial charge in [-0.2, -0.15) is 0 Å². The maximum Gasteiger partial charge on any atom is 0.268 e. The smallest absolute Gasteiger partial charge is 0.268 e. The second-order valence-electron chi connectivity index (χ2n) is 5.50. The summed E-state index contributed by atoms with van der Waals surface area (Å²) in [6.45, 7) is 0. The topological polar surface area (TPSA) is 81.2 Å². The summed E-state index contributed by atoms with van der Waals surface area (Å²) in [4.78, 5) is 19.8. The predicted molar refractivity (Wildman–Crippen MR) is 92.9 cm³/mol. The summed E-state index contributed by atoms with van der Waals surface area (Å²) in [5.74, 6) is 1.72. The van der Waals surface area contributed by atoms with Crippen LogP contribution in [-0.2, 0) is 7.05 Å². The van der Waals surface area contributed by atoms with Crippen LogP contribution in [-0.4, -0.2) is 34.7 Å². The number of hydrogen-bond acceptors (Lipinski definition) is 4. The van der Waals surface area contributed by atoms with Crippen LogP contribution < -0.4 is 14.8 Å². The molecule has 2 heterocycles. The fourth-order valence-electron chi connectivity index (χ4n) is 2.67. The van der Waals surface area contributed by atoms with Gasteiger partial charge in [-0.05, 0) is 29.8 Å². The zero-order chi connectivity index (χ0) is 17.8. The monoisotopic (exact) mass is 340 g/mol. The summed E-state index contributed by atoms with van der Waals surface area (Å²) in [7, 11) is 5.05. The Hall–Kier alpha value is -3.22. The van der Waals surface area contributed by atoms with Crippen molar-refractivity contribution in [2.75, 3.05) is 14.2 Å². The normalized spacial score (nSPS) is 11.8. The molecule has 0 saturated heterocycles. The van der Waals surface area contributed by atoms with Crippen molar-refractivity contribution in [3.63, 3.8) is 0 Å². The first kappa shape index (κ1) is 16.6. The van der Waals surface area contributed by atoms with E-state index in [4.69, 9.17) is 9.47 Å². The van der Waals surface area contributed by atoms with Crippen molar-refractivity contribution in [2.24, 2.45) is 7.05 Å². The van der Waals surface area contributed by atoms with E-state index >= 15 is 0 Å². The van der Waals surface area contributed by atoms with Gasteiger partial charge in [0.25, 0.3) is 5.91 Å². The molecular formula is C18H20N4O3. The first-order chi connectivity index (χ1) is 12.1. The van der Waals surface area contributed by atoms with Gasteiger partial charge < -0.3 is 24.3 Å². The van der Waals surface area contributed by atoms with Gasteiger partial charge in [0.05, 0.1) is 14.2 Å². The summed E-state index contributed by atoms with van der Waals surface area (Å²) in [5.41, 5.74) is 1.33. The molecule has 0 aliphatic heterocycles. The van der Waals surface area contributed by atoms with E-state index in [0.29, 0.717) is 23.0 Å². The molecule has 0 fully saturated rings. The number of nitrogens with one attached hydrogen (secondary N) is 2. The van der Waals surface area contributed by atoms with Crippen LogP contribution in [0.25, 0.3) is 0 Å². The summed E-state index contributed by atoms with van der Waals surface area (Å²) in [6, 6.07) is 8.60. The van der Waals surface area contributed by atoms with E-state index in [1.165, 1.54) is 0 Å². The van der Waals surface area contributed by atoms with Gasteiger partial charge in [0, 0.05) is 25.6 Å². The summed E-state index contributed by atoms with van der Waals surface area (Å²) >= 11 is 0. The minimum Gasteiger partial charge on any atom is -0.493 e. The number of amides is 1. The number of aromatic nitrogens is 3. The largest absolute Gasteiger partial charge is 0.493 e. The molecule has 0 spiro atoms. The molecule has 1 unspecified atom stereocenters. The van der Waals surface area contributed by atoms with Crippen molar-refractivity contribution in [3.8, 4) is 11.5 Å². The molecule has 3 aromatic rings. The number of aryl methyl sites for hydroxylation is 1. The minimum atomic E-state index is -0.435. The third-order valence-electron chi connectivity index (χ3n) is 3.98. The molecule has 1 aromatic carbocycles. The van der Waals surface area contributed by atoms with Crippen LogP contribution in [0.15, 0.2) is 48.9 Å². The number of carbonyl (C=O) groups is 1. The van der Waals surface area contributed by atoms with Crippen molar-refractivity contribution in [1.82, 2.24) is 19.9 Å². The summed E-state index contributed by atoms with van der Waals surface area (Å²) in [6.07, 6.45) is 5.24. The zero-order valence-corrected chi connectivity index (χ0v) is 14.3. The number of rotatable bonds is 6. The van der Waals surface area contributed by atoms with Gasteiger partial charge in [0.15, 0.2) is 11.5 Å². The van der Waals surface area contributed by atoms with Crippen LogP contribution in [0.1, 0.15) is 27.9 Å². The first-order valence-corrected chi connectivity index (χ1v) is 7.77. The maximum absolute atomic E-state index is 12.5. The van der Waals surface area contributed by atoms with Crippen molar-refractivity contribution in [3.05, 3.63) is 66.0 Å². The predicted octanol–water partition coefficient (Wildman–Crippen LogP) is 2.28. The van der Waals surface area contributed by atoms with Crippen LogP contribution >= 0.6 is 0 Å². The molecule has 1 amide bonds. The van der Waals surface area contributed by atoms with Crippen LogP contribution in [0.2, 0.25) is 0 Å². The molecular weight excluding hydrogens is 320 g/mol. The van der Waals surface area contributed by atoms with Crippen molar-refractivity contribution < 1.29 is 14.3 Å². The number of H-pyrrole nitrogens is 1. The van der Waals surface area contributed by atoms with Gasteiger partial charge in [0.1, 0.15) is 17.6 Å². The molecule has 0 aliphatic rings. The highest BCUT2D eigenvalue weighted by Gasteiger charge is 2.23. The molecule has 0 aliphatic carbocycles. The van der Waals surface area contributed by atoms with Gasteiger partial charge >= 0.3 is 0 Å². The van der Waals surface area contributed by atoms with E-state index < -0.39 is 6.04 Å². The van der Waals surface area contributed by atoms with E-state index in [2.05, 4.69) is 15.3 Å². The van der Waals surface area contributed by atoms with Crippen LogP contribution in [0.5, 0.6) is 11.5 Å². The SMILES string of the molecule is COc1ccc(C(NC(=O)c2ccc[nH]2)c2nccn2C)cc1OC. The lowest BCUT2D eigenvalue weighted by Crippen LogP contribution is -2.31. The number of aromatic amines is 1. The van der Waals surface area contributed by atoms with Gasteiger partial charge in [0.2, 0.25) is 0 Å². The highest BCUT2D eigenvalue weighted by molar-refractivity contribution is 5.92. The Kier molecular flexibility index (Phi) is 4.74. The Balaban J connectivity index is 2.00. The van der Waals surface area contributed by atoms with Crippen molar-refractivity contribution >= 4 is 5.91 Å². The second kappa shape index (κ2) is 7.12. The van der Waals surface area contributed by atoms with E-state index in [1.54, 1.807) is 38.7 Å². The van der Waals surface area contributed by atoms with Gasteiger partial charge in [-0.1, -0.05) is 6.07 Å². The van der Waals surface area contributed by atoms with Crippen molar-refractivity contribution in [1.29, 1.82) is 0 Å². The molecule has 2 N–H and O–H groups in total. The Morgan fingerprint density at radius 2 is 2.04 bits per heavy atom. The lowest BCUT2D eigenvalue weighted by Gasteiger charge is -2.20. The van der Waals surface area contributed by atoms with Gasteiger partial charge in [-0.25, -0.2) is 4.98 Å². The zero-order valence-electron chi connectivity index (χ0n) is 14.3. The van der Waals surface area contributed by atoms with E-state index in [1.807, 2.05) is 36.0 Å². The molecule has 0 radical (unpaired) electrons. The first-order valence-electron chi connectivity index (χ1n) is 7.77. The highest BCUT2D eigenvalue weighted by atomic mass is 16.5. The van der Waals surface area contributed by atoms with Crippen molar-refractivity contribution in [2.45, 2.75) is 6.04 Å². The van der Waals surface area contributed by atoms with E-state index in [9.17, 15) is 4.79 Å². The third-order valence-corrected chi connectivity index (χ3v) is 3.98. The quantitative estimate of drug-likeness (QED) is 0.721. The Morgan fingerprint density at radius 1 is 1.24 bits per heavy atom. The molecule has 0 saturated carbocycles. The van der Waals surface area contributed by atoms with Crippen LogP contribution in [0.3, 0.4) is 0 Å². The number of hydrogen-bond donors (Lipinski definition) is 2. The third kappa shape index (κ3) is 3.35. The summed E-state index contributed by atoms with van der Waals surface area (Å²) in [5, 5.41) is 3.02. The second-order valence-corrected chi connectivity index (χ2v) is 5.50. The number of ether oxygens (including phenoxy) is 2. The lowest BCUT2D eigenvalue weighted by atomic mass is 10.0. The van der Waals surface area contributed by atoms with E-state index in [0.717, 1.165) is 5.56 Å². The standard InChI is InChI=1S/C18H20N4O3/c1-22-10-9-20-17(22)16(21-18(23)13-5-4-8-19-13)12-6-7-14(24-2)15(11-12)25-3/h4-11,16,19H,1-3H3,(H,21,23).